The normalized spacial score (nSPS) is 12.2. The zero-order valence-corrected chi connectivity index (χ0v) is 18.8. The van der Waals surface area contributed by atoms with Gasteiger partial charge in [0, 0.05) is 30.7 Å². The molecule has 1 heterocycles. The maximum absolute atomic E-state index is 13.8. The summed E-state index contributed by atoms with van der Waals surface area (Å²) in [6.45, 7) is 0. The average Bonchev–Trinajstić information content (AvgIpc) is 3.24. The Hall–Kier alpha value is -4.05. The summed E-state index contributed by atoms with van der Waals surface area (Å²) in [7, 11) is -2.18. The number of hydrogen-bond acceptors (Lipinski definition) is 4. The maximum Gasteiger partial charge on any atom is 0.261 e. The van der Waals surface area contributed by atoms with E-state index in [0.717, 1.165) is 12.1 Å². The lowest BCUT2D eigenvalue weighted by Crippen LogP contribution is -2.31. The summed E-state index contributed by atoms with van der Waals surface area (Å²) in [4.78, 5) is 17.2. The molecule has 3 aromatic carbocycles. The smallest absolute Gasteiger partial charge is 0.261 e. The number of aryl methyl sites for hydroxylation is 1. The summed E-state index contributed by atoms with van der Waals surface area (Å²) < 4.78 is 56.2. The molecule has 0 fully saturated rings. The maximum atomic E-state index is 13.8. The molecule has 10 heteroatoms. The molecule has 0 aliphatic heterocycles. The van der Waals surface area contributed by atoms with Gasteiger partial charge in [-0.3, -0.25) is 9.52 Å². The van der Waals surface area contributed by atoms with Crippen LogP contribution in [0.3, 0.4) is 0 Å². The van der Waals surface area contributed by atoms with Crippen LogP contribution in [0, 0.1) is 11.6 Å². The van der Waals surface area contributed by atoms with Crippen LogP contribution in [0.4, 0.5) is 14.5 Å². The molecular weight excluding hydrogens is 462 g/mol. The standard InChI is InChI=1S/C24H20F2N4O3S/c1-30-14-13-27-23(30)22(17-3-2-4-19(26)15-17)28-24(31)16-5-11-21(12-6-16)34(32,33)29-20-9-7-18(25)8-10-20/h2-15,22,29H,1H3,(H,28,31). The molecule has 0 saturated carbocycles. The molecule has 174 valence electrons. The number of nitrogens with zero attached hydrogens (tertiary/aromatic N) is 2. The Morgan fingerprint density at radius 2 is 1.68 bits per heavy atom. The molecule has 7 nitrogen and oxygen atoms in total. The second kappa shape index (κ2) is 9.44. The van der Waals surface area contributed by atoms with E-state index < -0.39 is 33.6 Å². The van der Waals surface area contributed by atoms with Gasteiger partial charge in [0.05, 0.1) is 4.90 Å². The number of carbonyl (C=O) groups excluding carboxylic acids is 1. The van der Waals surface area contributed by atoms with Crippen LogP contribution in [0.15, 0.2) is 90.1 Å². The van der Waals surface area contributed by atoms with Crippen LogP contribution in [-0.2, 0) is 17.1 Å². The molecule has 1 unspecified atom stereocenters. The van der Waals surface area contributed by atoms with Crippen LogP contribution >= 0.6 is 0 Å². The number of amides is 1. The highest BCUT2D eigenvalue weighted by atomic mass is 32.2. The summed E-state index contributed by atoms with van der Waals surface area (Å²) in [5.41, 5.74) is 0.915. The Bertz CT molecular complexity index is 1420. The van der Waals surface area contributed by atoms with Crippen LogP contribution in [0.1, 0.15) is 27.8 Å². The van der Waals surface area contributed by atoms with Crippen LogP contribution in [-0.4, -0.2) is 23.9 Å². The Balaban J connectivity index is 1.55. The van der Waals surface area contributed by atoms with Gasteiger partial charge in [-0.15, -0.1) is 0 Å². The zero-order valence-electron chi connectivity index (χ0n) is 17.9. The summed E-state index contributed by atoms with van der Waals surface area (Å²) in [5.74, 6) is -0.927. The number of aromatic nitrogens is 2. The van der Waals surface area contributed by atoms with E-state index in [4.69, 9.17) is 0 Å². The molecule has 4 aromatic rings. The van der Waals surface area contributed by atoms with E-state index in [-0.39, 0.29) is 16.1 Å². The Morgan fingerprint density at radius 1 is 0.971 bits per heavy atom. The lowest BCUT2D eigenvalue weighted by molar-refractivity contribution is 0.0941. The fourth-order valence-electron chi connectivity index (χ4n) is 3.37. The molecule has 0 radical (unpaired) electrons. The topological polar surface area (TPSA) is 93.1 Å². The molecule has 1 amide bonds. The van der Waals surface area contributed by atoms with E-state index >= 15 is 0 Å². The number of nitrogens with one attached hydrogen (secondary N) is 2. The first-order chi connectivity index (χ1) is 16.2. The summed E-state index contributed by atoms with van der Waals surface area (Å²) in [6.07, 6.45) is 3.28. The third-order valence-electron chi connectivity index (χ3n) is 5.10. The minimum atomic E-state index is -3.94. The summed E-state index contributed by atoms with van der Waals surface area (Å²) in [5, 5.41) is 2.83. The van der Waals surface area contributed by atoms with Gasteiger partial charge in [-0.2, -0.15) is 0 Å². The van der Waals surface area contributed by atoms with Crippen molar-refractivity contribution < 1.29 is 22.0 Å². The van der Waals surface area contributed by atoms with Gasteiger partial charge in [0.2, 0.25) is 0 Å². The Morgan fingerprint density at radius 3 is 2.29 bits per heavy atom. The highest BCUT2D eigenvalue weighted by Gasteiger charge is 2.22. The van der Waals surface area contributed by atoms with E-state index in [1.165, 1.54) is 48.5 Å². The van der Waals surface area contributed by atoms with Gasteiger partial charge in [0.25, 0.3) is 15.9 Å². The largest absolute Gasteiger partial charge is 0.338 e. The number of halogens is 2. The Labute approximate surface area is 195 Å². The lowest BCUT2D eigenvalue weighted by Gasteiger charge is -2.19. The highest BCUT2D eigenvalue weighted by molar-refractivity contribution is 7.92. The van der Waals surface area contributed by atoms with Gasteiger partial charge in [-0.1, -0.05) is 12.1 Å². The number of rotatable bonds is 7. The van der Waals surface area contributed by atoms with Crippen molar-refractivity contribution in [2.24, 2.45) is 7.05 Å². The summed E-state index contributed by atoms with van der Waals surface area (Å²) in [6, 6.07) is 15.3. The number of carbonyl (C=O) groups is 1. The number of anilines is 1. The third kappa shape index (κ3) is 5.12. The van der Waals surface area contributed by atoms with Crippen molar-refractivity contribution in [1.82, 2.24) is 14.9 Å². The highest BCUT2D eigenvalue weighted by Crippen LogP contribution is 2.23. The van der Waals surface area contributed by atoms with E-state index in [1.54, 1.807) is 36.1 Å². The molecule has 0 saturated heterocycles. The molecule has 1 aromatic heterocycles. The van der Waals surface area contributed by atoms with Crippen LogP contribution in [0.5, 0.6) is 0 Å². The zero-order chi connectivity index (χ0) is 24.3. The van der Waals surface area contributed by atoms with Crippen LogP contribution in [0.25, 0.3) is 0 Å². The minimum Gasteiger partial charge on any atom is -0.338 e. The van der Waals surface area contributed by atoms with E-state index in [0.29, 0.717) is 11.4 Å². The first kappa shape index (κ1) is 23.1. The SMILES string of the molecule is Cn1ccnc1C(NC(=O)c1ccc(S(=O)(=O)Nc2ccc(F)cc2)cc1)c1cccc(F)c1. The second-order valence-electron chi connectivity index (χ2n) is 7.49. The van der Waals surface area contributed by atoms with Crippen molar-refractivity contribution in [1.29, 1.82) is 0 Å². The molecular formula is C24H20F2N4O3S. The molecule has 0 spiro atoms. The third-order valence-corrected chi connectivity index (χ3v) is 6.49. The van der Waals surface area contributed by atoms with Crippen molar-refractivity contribution in [3.05, 3.63) is 114 Å². The minimum absolute atomic E-state index is 0.0702. The fourth-order valence-corrected chi connectivity index (χ4v) is 4.43. The summed E-state index contributed by atoms with van der Waals surface area (Å²) >= 11 is 0. The number of sulfonamides is 1. The lowest BCUT2D eigenvalue weighted by atomic mass is 10.0. The van der Waals surface area contributed by atoms with Gasteiger partial charge in [-0.05, 0) is 66.2 Å². The first-order valence-corrected chi connectivity index (χ1v) is 11.6. The van der Waals surface area contributed by atoms with E-state index in [2.05, 4.69) is 15.0 Å². The Kier molecular flexibility index (Phi) is 6.42. The predicted molar refractivity (Wildman–Crippen MR) is 123 cm³/mol. The molecule has 0 bridgehead atoms. The van der Waals surface area contributed by atoms with Crippen molar-refractivity contribution in [3.63, 3.8) is 0 Å². The van der Waals surface area contributed by atoms with Gasteiger partial charge < -0.3 is 9.88 Å². The van der Waals surface area contributed by atoms with Crippen molar-refractivity contribution >= 4 is 21.6 Å². The van der Waals surface area contributed by atoms with Crippen molar-refractivity contribution in [2.45, 2.75) is 10.9 Å². The van der Waals surface area contributed by atoms with Crippen molar-refractivity contribution in [3.8, 4) is 0 Å². The molecule has 0 aliphatic rings. The van der Waals surface area contributed by atoms with Gasteiger partial charge in [-0.25, -0.2) is 22.2 Å². The number of imidazole rings is 1. The van der Waals surface area contributed by atoms with Crippen LogP contribution < -0.4 is 10.0 Å². The van der Waals surface area contributed by atoms with Gasteiger partial charge >= 0.3 is 0 Å². The van der Waals surface area contributed by atoms with Gasteiger partial charge in [0.15, 0.2) is 0 Å². The van der Waals surface area contributed by atoms with Crippen molar-refractivity contribution in [2.75, 3.05) is 4.72 Å². The quantitative estimate of drug-likeness (QED) is 0.416. The second-order valence-corrected chi connectivity index (χ2v) is 9.18. The van der Waals surface area contributed by atoms with Gasteiger partial charge in [0.1, 0.15) is 23.5 Å². The monoisotopic (exact) mass is 482 g/mol. The molecule has 0 aliphatic carbocycles. The van der Waals surface area contributed by atoms with E-state index in [1.807, 2.05) is 0 Å². The predicted octanol–water partition coefficient (Wildman–Crippen LogP) is 4.02. The molecule has 34 heavy (non-hydrogen) atoms. The first-order valence-electron chi connectivity index (χ1n) is 10.1. The molecule has 2 N–H and O–H groups in total. The fraction of sp³-hybridized carbons (Fsp3) is 0.0833. The molecule has 4 rings (SSSR count). The number of hydrogen-bond donors (Lipinski definition) is 2. The number of benzene rings is 3. The van der Waals surface area contributed by atoms with Crippen LogP contribution in [0.2, 0.25) is 0 Å². The van der Waals surface area contributed by atoms with E-state index in [9.17, 15) is 22.0 Å². The average molecular weight is 483 g/mol. The molecule has 1 atom stereocenters.